The Balaban J connectivity index is 1.22. The van der Waals surface area contributed by atoms with Gasteiger partial charge in [0.25, 0.3) is 0 Å². The maximum atomic E-state index is 7.20. The van der Waals surface area contributed by atoms with E-state index >= 15 is 0 Å². The van der Waals surface area contributed by atoms with Gasteiger partial charge in [0.05, 0.1) is 23.4 Å². The van der Waals surface area contributed by atoms with E-state index in [4.69, 9.17) is 9.72 Å². The molecule has 0 N–H and O–H groups in total. The Labute approximate surface area is 444 Å². The van der Waals surface area contributed by atoms with Crippen molar-refractivity contribution in [3.63, 3.8) is 0 Å². The first-order chi connectivity index (χ1) is 34.6. The summed E-state index contributed by atoms with van der Waals surface area (Å²) in [5.41, 5.74) is 16.9. The molecule has 384 valence electrons. The molecular formula is C69H82N4O. The molecule has 9 rings (SSSR count). The standard InChI is InChI=1S/C69H82N4O/c1-44(2)56-25-22-26-57(45(3)4)64(56)62-42-71(52-34-49(67(11,12)13)33-51(36-52)69(17,18)46-23-20-19-21-24-46)43-72(62)53-35-50(68(14,15)16)37-55(40-53)74-54-28-29-58-59-38-47(65(5,6)7)27-30-60(59)73(61(58)41-54)63-39-48(31-32-70-63)66(8,9)10/h19-42,44-45H,43H2,1-18H3. The van der Waals surface area contributed by atoms with Crippen LogP contribution in [0.4, 0.5) is 11.4 Å². The predicted molar refractivity (Wildman–Crippen MR) is 317 cm³/mol. The molecule has 1 aliphatic heterocycles. The molecule has 5 heteroatoms. The molecule has 5 nitrogen and oxygen atoms in total. The van der Waals surface area contributed by atoms with Gasteiger partial charge in [0.2, 0.25) is 0 Å². The van der Waals surface area contributed by atoms with Crippen LogP contribution in [0.1, 0.15) is 187 Å². The topological polar surface area (TPSA) is 33.5 Å². The molecule has 1 aliphatic rings. The number of rotatable bonds is 10. The third-order valence-corrected chi connectivity index (χ3v) is 15.6. The number of benzene rings is 6. The van der Waals surface area contributed by atoms with E-state index in [1.54, 1.807) is 0 Å². The van der Waals surface area contributed by atoms with Crippen molar-refractivity contribution < 1.29 is 4.74 Å². The van der Waals surface area contributed by atoms with Gasteiger partial charge in [-0.25, -0.2) is 4.98 Å². The van der Waals surface area contributed by atoms with E-state index in [-0.39, 0.29) is 27.1 Å². The van der Waals surface area contributed by atoms with Gasteiger partial charge < -0.3 is 14.5 Å². The first kappa shape index (κ1) is 52.3. The zero-order valence-corrected chi connectivity index (χ0v) is 47.9. The molecule has 0 aliphatic carbocycles. The van der Waals surface area contributed by atoms with Gasteiger partial charge in [0.1, 0.15) is 17.3 Å². The number of hydrogen-bond acceptors (Lipinski definition) is 4. The van der Waals surface area contributed by atoms with Crippen molar-refractivity contribution in [2.75, 3.05) is 16.5 Å². The van der Waals surface area contributed by atoms with Crippen LogP contribution in [-0.2, 0) is 27.1 Å². The minimum Gasteiger partial charge on any atom is -0.457 e. The average Bonchev–Trinajstić information content (AvgIpc) is 3.92. The summed E-state index contributed by atoms with van der Waals surface area (Å²) >= 11 is 0. The summed E-state index contributed by atoms with van der Waals surface area (Å²) in [7, 11) is 0. The minimum absolute atomic E-state index is 0.000813. The number of aromatic nitrogens is 2. The molecule has 0 bridgehead atoms. The van der Waals surface area contributed by atoms with Crippen LogP contribution in [0, 0.1) is 0 Å². The first-order valence-corrected chi connectivity index (χ1v) is 27.1. The van der Waals surface area contributed by atoms with Crippen LogP contribution >= 0.6 is 0 Å². The molecule has 0 amide bonds. The lowest BCUT2D eigenvalue weighted by atomic mass is 9.75. The second kappa shape index (κ2) is 19.0. The molecule has 6 aromatic carbocycles. The van der Waals surface area contributed by atoms with E-state index in [0.717, 1.165) is 34.0 Å². The smallest absolute Gasteiger partial charge is 0.137 e. The normalized spacial score (nSPS) is 14.0. The molecule has 0 radical (unpaired) electrons. The van der Waals surface area contributed by atoms with E-state index in [2.05, 4.69) is 279 Å². The fourth-order valence-electron chi connectivity index (χ4n) is 10.7. The Morgan fingerprint density at radius 1 is 0.459 bits per heavy atom. The number of pyridine rings is 1. The van der Waals surface area contributed by atoms with Crippen LogP contribution in [0.2, 0.25) is 0 Å². The van der Waals surface area contributed by atoms with Crippen molar-refractivity contribution in [3.8, 4) is 17.3 Å². The van der Waals surface area contributed by atoms with E-state index in [1.807, 2.05) is 6.20 Å². The Hall–Kier alpha value is -6.59. The number of ether oxygens (including phenoxy) is 1. The van der Waals surface area contributed by atoms with Gasteiger partial charge in [-0.1, -0.05) is 185 Å². The van der Waals surface area contributed by atoms with E-state index in [9.17, 15) is 0 Å². The van der Waals surface area contributed by atoms with Crippen LogP contribution in [0.15, 0.2) is 146 Å². The van der Waals surface area contributed by atoms with Crippen molar-refractivity contribution in [1.82, 2.24) is 9.55 Å². The molecule has 8 aromatic rings. The van der Waals surface area contributed by atoms with Crippen molar-refractivity contribution >= 4 is 38.9 Å². The summed E-state index contributed by atoms with van der Waals surface area (Å²) < 4.78 is 9.52. The van der Waals surface area contributed by atoms with Gasteiger partial charge in [-0.15, -0.1) is 0 Å². The Morgan fingerprint density at radius 3 is 1.68 bits per heavy atom. The lowest BCUT2D eigenvalue weighted by Gasteiger charge is -2.32. The molecule has 74 heavy (non-hydrogen) atoms. The predicted octanol–water partition coefficient (Wildman–Crippen LogP) is 19.0. The van der Waals surface area contributed by atoms with Crippen LogP contribution < -0.4 is 14.5 Å². The maximum absolute atomic E-state index is 7.20. The number of fused-ring (bicyclic) bond motifs is 3. The molecule has 0 atom stereocenters. The van der Waals surface area contributed by atoms with Gasteiger partial charge in [-0.3, -0.25) is 4.57 Å². The van der Waals surface area contributed by atoms with Crippen LogP contribution in [0.3, 0.4) is 0 Å². The van der Waals surface area contributed by atoms with Crippen molar-refractivity contribution in [1.29, 1.82) is 0 Å². The lowest BCUT2D eigenvalue weighted by molar-refractivity contribution is 0.479. The summed E-state index contributed by atoms with van der Waals surface area (Å²) in [5.74, 6) is 3.12. The van der Waals surface area contributed by atoms with E-state index in [1.165, 1.54) is 72.2 Å². The molecule has 3 heterocycles. The third-order valence-electron chi connectivity index (χ3n) is 15.6. The zero-order valence-electron chi connectivity index (χ0n) is 47.9. The Bertz CT molecular complexity index is 3380. The molecular weight excluding hydrogens is 901 g/mol. The van der Waals surface area contributed by atoms with E-state index < -0.39 is 0 Å². The largest absolute Gasteiger partial charge is 0.457 e. The van der Waals surface area contributed by atoms with Crippen molar-refractivity contribution in [2.45, 2.75) is 164 Å². The maximum Gasteiger partial charge on any atom is 0.137 e. The summed E-state index contributed by atoms with van der Waals surface area (Å²) in [6.07, 6.45) is 4.38. The SMILES string of the molecule is CC(C)c1cccc(C(C)C)c1C1=CN(c2cc(C(C)(C)C)cc(C(C)(C)c3ccccc3)c2)CN1c1cc(Oc2ccc3c4cc(C(C)(C)C)ccc4n(-c4cc(C(C)(C)C)ccn4)c3c2)cc(C(C)(C)C)c1. The van der Waals surface area contributed by atoms with Gasteiger partial charge in [-0.2, -0.15) is 0 Å². The van der Waals surface area contributed by atoms with Gasteiger partial charge >= 0.3 is 0 Å². The quantitative estimate of drug-likeness (QED) is 0.137. The van der Waals surface area contributed by atoms with Crippen molar-refractivity contribution in [3.05, 3.63) is 196 Å². The van der Waals surface area contributed by atoms with Gasteiger partial charge in [0.15, 0.2) is 0 Å². The number of nitrogens with zero attached hydrogens (tertiary/aromatic N) is 4. The second-order valence-corrected chi connectivity index (χ2v) is 26.4. The van der Waals surface area contributed by atoms with Crippen LogP contribution in [0.25, 0.3) is 33.3 Å². The summed E-state index contributed by atoms with van der Waals surface area (Å²) in [4.78, 5) is 10.1. The Kier molecular flexibility index (Phi) is 13.4. The highest BCUT2D eigenvalue weighted by Gasteiger charge is 2.33. The summed E-state index contributed by atoms with van der Waals surface area (Å²) in [5, 5.41) is 2.39. The zero-order chi connectivity index (χ0) is 53.4. The lowest BCUT2D eigenvalue weighted by Crippen LogP contribution is -2.28. The minimum atomic E-state index is -0.217. The average molecular weight is 983 g/mol. The highest BCUT2D eigenvalue weighted by Crippen LogP contribution is 2.46. The molecule has 0 unspecified atom stereocenters. The number of hydrogen-bond donors (Lipinski definition) is 0. The molecule has 0 saturated heterocycles. The fraction of sp³-hybridized carbons (Fsp3) is 0.377. The van der Waals surface area contributed by atoms with E-state index in [0.29, 0.717) is 18.5 Å². The highest BCUT2D eigenvalue weighted by atomic mass is 16.5. The van der Waals surface area contributed by atoms with Crippen LogP contribution in [0.5, 0.6) is 11.5 Å². The monoisotopic (exact) mass is 983 g/mol. The molecule has 0 spiro atoms. The third kappa shape index (κ3) is 10.2. The van der Waals surface area contributed by atoms with Crippen molar-refractivity contribution in [2.24, 2.45) is 0 Å². The fourth-order valence-corrected chi connectivity index (χ4v) is 10.7. The molecule has 2 aromatic heterocycles. The van der Waals surface area contributed by atoms with Crippen LogP contribution in [-0.4, -0.2) is 16.2 Å². The molecule has 0 saturated carbocycles. The number of anilines is 2. The summed E-state index contributed by atoms with van der Waals surface area (Å²) in [6.45, 7) is 42.2. The molecule has 0 fully saturated rings. The first-order valence-electron chi connectivity index (χ1n) is 27.1. The van der Waals surface area contributed by atoms with Gasteiger partial charge in [-0.05, 0) is 139 Å². The highest BCUT2D eigenvalue weighted by molar-refractivity contribution is 6.10. The summed E-state index contributed by atoms with van der Waals surface area (Å²) in [6, 6.07) is 50.0. The second-order valence-electron chi connectivity index (χ2n) is 26.4. The Morgan fingerprint density at radius 2 is 1.05 bits per heavy atom. The van der Waals surface area contributed by atoms with Gasteiger partial charge in [0, 0.05) is 57.7 Å².